The minimum atomic E-state index is -0.540. The van der Waals surface area contributed by atoms with Gasteiger partial charge in [0.25, 0.3) is 0 Å². The van der Waals surface area contributed by atoms with Crippen LogP contribution in [0.5, 0.6) is 11.5 Å². The molecule has 1 spiro atoms. The maximum Gasteiger partial charge on any atom is 0.145 e. The highest BCUT2D eigenvalue weighted by Crippen LogP contribution is 2.62. The Morgan fingerprint density at radius 2 is 0.951 bits per heavy atom. The van der Waals surface area contributed by atoms with Gasteiger partial charge in [-0.25, -0.2) is 9.97 Å². The normalized spacial score (nSPS) is 13.2. The molecule has 0 saturated carbocycles. The van der Waals surface area contributed by atoms with Gasteiger partial charge in [-0.2, -0.15) is 0 Å². The van der Waals surface area contributed by atoms with Crippen LogP contribution in [0.25, 0.3) is 83.3 Å². The Morgan fingerprint density at radius 1 is 0.377 bits per heavy atom. The monoisotopic (exact) mass is 777 g/mol. The summed E-state index contributed by atoms with van der Waals surface area (Å²) >= 11 is 0. The lowest BCUT2D eigenvalue weighted by molar-refractivity contribution is 0.437. The van der Waals surface area contributed by atoms with E-state index in [1.807, 2.05) is 12.1 Å². The maximum absolute atomic E-state index is 6.94. The number of imidazole rings is 1. The molecule has 0 fully saturated rings. The van der Waals surface area contributed by atoms with Crippen molar-refractivity contribution in [2.45, 2.75) is 5.41 Å². The Labute approximate surface area is 352 Å². The fourth-order valence-electron chi connectivity index (χ4n) is 10.2. The smallest absolute Gasteiger partial charge is 0.145 e. The molecule has 11 aromatic rings. The van der Waals surface area contributed by atoms with E-state index in [9.17, 15) is 0 Å². The van der Waals surface area contributed by atoms with Crippen molar-refractivity contribution < 1.29 is 4.74 Å². The van der Waals surface area contributed by atoms with Crippen molar-refractivity contribution in [2.75, 3.05) is 0 Å². The van der Waals surface area contributed by atoms with Gasteiger partial charge in [0.05, 0.1) is 27.7 Å². The van der Waals surface area contributed by atoms with Crippen LogP contribution in [0.2, 0.25) is 0 Å². The highest BCUT2D eigenvalue weighted by atomic mass is 16.5. The Morgan fingerprint density at radius 3 is 1.69 bits per heavy atom. The number of rotatable bonds is 4. The van der Waals surface area contributed by atoms with E-state index in [2.05, 4.69) is 205 Å². The lowest BCUT2D eigenvalue weighted by Gasteiger charge is -2.39. The number of aromatic nitrogens is 3. The standard InChI is InChI=1S/C57H35N3O/c1-2-14-40(15-3-1)60-52-24-12-11-23-51(52)59-56(60)39-32-28-37(29-33-39)36-26-30-38(31-27-36)55-45-35-54-49(34-44(45)43-18-6-10-22-50(43)58-55)57(48-21-9-13-25-53(48)61-54)46-19-7-4-16-41(46)42-17-5-8-20-47(42)57/h1-35H. The number of benzene rings is 9. The van der Waals surface area contributed by atoms with Crippen molar-refractivity contribution in [2.24, 2.45) is 0 Å². The van der Waals surface area contributed by atoms with E-state index in [0.717, 1.165) is 94.8 Å². The van der Waals surface area contributed by atoms with Crippen LogP contribution in [0, 0.1) is 0 Å². The SMILES string of the molecule is c1ccc(-n2c(-c3ccc(-c4ccc(-c5nc6ccccc6c6cc7c(cc56)Oc5ccccc5C75c6ccccc6-c6ccccc65)cc4)cc3)nc3ccccc32)cc1. The third-order valence-corrected chi connectivity index (χ3v) is 12.9. The summed E-state index contributed by atoms with van der Waals surface area (Å²) < 4.78 is 9.18. The molecular formula is C57H35N3O. The number of hydrogen-bond acceptors (Lipinski definition) is 3. The predicted octanol–water partition coefficient (Wildman–Crippen LogP) is 14.2. The van der Waals surface area contributed by atoms with Gasteiger partial charge in [-0.1, -0.05) is 164 Å². The zero-order valence-electron chi connectivity index (χ0n) is 33.0. The van der Waals surface area contributed by atoms with Crippen LogP contribution in [0.4, 0.5) is 0 Å². The predicted molar refractivity (Wildman–Crippen MR) is 248 cm³/mol. The molecule has 0 bridgehead atoms. The van der Waals surface area contributed by atoms with Gasteiger partial charge in [0.2, 0.25) is 0 Å². The van der Waals surface area contributed by atoms with E-state index in [0.29, 0.717) is 0 Å². The van der Waals surface area contributed by atoms with Crippen LogP contribution in [-0.2, 0) is 5.41 Å². The van der Waals surface area contributed by atoms with E-state index in [4.69, 9.17) is 14.7 Å². The molecule has 0 saturated heterocycles. The van der Waals surface area contributed by atoms with Crippen molar-refractivity contribution in [1.29, 1.82) is 0 Å². The first-order chi connectivity index (χ1) is 30.2. The molecule has 0 unspecified atom stereocenters. The Bertz CT molecular complexity index is 3500. The average molecular weight is 778 g/mol. The third-order valence-electron chi connectivity index (χ3n) is 12.9. The quantitative estimate of drug-likeness (QED) is 0.167. The molecule has 2 aromatic heterocycles. The largest absolute Gasteiger partial charge is 0.457 e. The highest BCUT2D eigenvalue weighted by Gasteiger charge is 2.51. The summed E-state index contributed by atoms with van der Waals surface area (Å²) in [5.41, 5.74) is 16.3. The molecule has 284 valence electrons. The molecule has 9 aromatic carbocycles. The fraction of sp³-hybridized carbons (Fsp3) is 0.0175. The number of ether oxygens (including phenoxy) is 1. The van der Waals surface area contributed by atoms with Crippen LogP contribution in [0.15, 0.2) is 212 Å². The summed E-state index contributed by atoms with van der Waals surface area (Å²) in [6.45, 7) is 0. The van der Waals surface area contributed by atoms with Gasteiger partial charge in [-0.3, -0.25) is 4.57 Å². The number of fused-ring (bicyclic) bond motifs is 13. The topological polar surface area (TPSA) is 39.9 Å². The first kappa shape index (κ1) is 33.8. The molecule has 13 rings (SSSR count). The van der Waals surface area contributed by atoms with E-state index in [1.165, 1.54) is 22.3 Å². The third kappa shape index (κ3) is 4.87. The zero-order valence-corrected chi connectivity index (χ0v) is 33.0. The number of nitrogens with zero attached hydrogens (tertiary/aromatic N) is 3. The average Bonchev–Trinajstić information content (AvgIpc) is 3.86. The Kier molecular flexibility index (Phi) is 7.19. The van der Waals surface area contributed by atoms with Gasteiger partial charge in [0.1, 0.15) is 17.3 Å². The molecule has 3 heterocycles. The lowest BCUT2D eigenvalue weighted by atomic mass is 9.65. The molecule has 0 amide bonds. The molecular weight excluding hydrogens is 743 g/mol. The van der Waals surface area contributed by atoms with Crippen LogP contribution >= 0.6 is 0 Å². The summed E-state index contributed by atoms with van der Waals surface area (Å²) in [5, 5.41) is 3.34. The first-order valence-electron chi connectivity index (χ1n) is 20.8. The van der Waals surface area contributed by atoms with Gasteiger partial charge in [-0.05, 0) is 87.3 Å². The second-order valence-corrected chi connectivity index (χ2v) is 16.1. The number of para-hydroxylation sites is 5. The van der Waals surface area contributed by atoms with Gasteiger partial charge in [0.15, 0.2) is 0 Å². The summed E-state index contributed by atoms with van der Waals surface area (Å²) in [6, 6.07) is 75.8. The van der Waals surface area contributed by atoms with Crippen molar-refractivity contribution in [1.82, 2.24) is 14.5 Å². The van der Waals surface area contributed by atoms with E-state index in [-0.39, 0.29) is 0 Å². The minimum absolute atomic E-state index is 0.540. The molecule has 0 radical (unpaired) electrons. The van der Waals surface area contributed by atoms with Crippen molar-refractivity contribution in [3.8, 4) is 62.1 Å². The molecule has 4 heteroatoms. The van der Waals surface area contributed by atoms with Crippen molar-refractivity contribution in [3.05, 3.63) is 235 Å². The molecule has 61 heavy (non-hydrogen) atoms. The van der Waals surface area contributed by atoms with Crippen LogP contribution in [0.3, 0.4) is 0 Å². The fourth-order valence-corrected chi connectivity index (χ4v) is 10.2. The second-order valence-electron chi connectivity index (χ2n) is 16.1. The molecule has 1 aliphatic heterocycles. The summed E-state index contributed by atoms with van der Waals surface area (Å²) in [5.74, 6) is 2.66. The van der Waals surface area contributed by atoms with Crippen LogP contribution in [0.1, 0.15) is 22.3 Å². The molecule has 2 aliphatic rings. The molecule has 0 atom stereocenters. The van der Waals surface area contributed by atoms with Gasteiger partial charge in [0, 0.05) is 38.7 Å². The Hall–Kier alpha value is -8.08. The summed E-state index contributed by atoms with van der Waals surface area (Å²) in [4.78, 5) is 10.4. The van der Waals surface area contributed by atoms with Gasteiger partial charge >= 0.3 is 0 Å². The summed E-state index contributed by atoms with van der Waals surface area (Å²) in [6.07, 6.45) is 0. The first-order valence-corrected chi connectivity index (χ1v) is 20.8. The van der Waals surface area contributed by atoms with Gasteiger partial charge in [-0.15, -0.1) is 0 Å². The second kappa shape index (κ2) is 13.0. The lowest BCUT2D eigenvalue weighted by Crippen LogP contribution is -2.32. The number of hydrogen-bond donors (Lipinski definition) is 0. The molecule has 4 nitrogen and oxygen atoms in total. The van der Waals surface area contributed by atoms with E-state index in [1.54, 1.807) is 0 Å². The van der Waals surface area contributed by atoms with Crippen LogP contribution in [-0.4, -0.2) is 14.5 Å². The Balaban J connectivity index is 0.942. The maximum atomic E-state index is 6.94. The molecule has 1 aliphatic carbocycles. The van der Waals surface area contributed by atoms with Crippen LogP contribution < -0.4 is 4.74 Å². The highest BCUT2D eigenvalue weighted by molar-refractivity contribution is 6.12. The van der Waals surface area contributed by atoms with Crippen molar-refractivity contribution >= 4 is 32.7 Å². The van der Waals surface area contributed by atoms with Gasteiger partial charge < -0.3 is 4.74 Å². The van der Waals surface area contributed by atoms with Crippen molar-refractivity contribution in [3.63, 3.8) is 0 Å². The van der Waals surface area contributed by atoms with E-state index < -0.39 is 5.41 Å². The van der Waals surface area contributed by atoms with E-state index >= 15 is 0 Å². The number of pyridine rings is 1. The minimum Gasteiger partial charge on any atom is -0.457 e. The molecule has 0 N–H and O–H groups in total. The zero-order chi connectivity index (χ0) is 40.1. The summed E-state index contributed by atoms with van der Waals surface area (Å²) in [7, 11) is 0.